The second kappa shape index (κ2) is 30.5. The molecule has 21 nitrogen and oxygen atoms in total. The number of alkyl carbamates (subject to hydrolysis) is 2. The van der Waals surface area contributed by atoms with Crippen LogP contribution in [0, 0.1) is 5.82 Å². The molecular formula is C61H89FN10O11. The third-order valence-corrected chi connectivity index (χ3v) is 12.4. The minimum Gasteiger partial charge on any atom is -0.488 e. The number of carbonyl (C=O) groups is 7. The average molecular weight is 1160 g/mol. The molecule has 3 aromatic carbocycles. The molecular weight excluding hydrogens is 1070 g/mol. The van der Waals surface area contributed by atoms with Crippen LogP contribution in [0.5, 0.6) is 5.75 Å². The van der Waals surface area contributed by atoms with Crippen molar-refractivity contribution in [3.63, 3.8) is 0 Å². The van der Waals surface area contributed by atoms with E-state index in [1.807, 2.05) is 45.0 Å². The molecule has 0 aliphatic carbocycles. The van der Waals surface area contributed by atoms with Crippen molar-refractivity contribution >= 4 is 58.8 Å². The van der Waals surface area contributed by atoms with Gasteiger partial charge in [0.15, 0.2) is 0 Å². The summed E-state index contributed by atoms with van der Waals surface area (Å²) in [5, 5.41) is 17.7. The number of nitrogens with two attached hydrogens (primary N) is 2. The first kappa shape index (κ1) is 67.8. The molecule has 1 aromatic heterocycles. The topological polar surface area (TPSA) is 309 Å². The number of primary amides is 1. The molecule has 0 saturated carbocycles. The normalized spacial score (nSPS) is 14.0. The summed E-state index contributed by atoms with van der Waals surface area (Å²) in [6.07, 6.45) is 1.67. The average Bonchev–Trinajstić information content (AvgIpc) is 4.03. The number of para-hydroxylation sites is 1. The van der Waals surface area contributed by atoms with Gasteiger partial charge in [-0.05, 0) is 169 Å². The highest BCUT2D eigenvalue weighted by Crippen LogP contribution is 2.26. The molecule has 0 aliphatic heterocycles. The van der Waals surface area contributed by atoms with Gasteiger partial charge in [0.25, 0.3) is 0 Å². The number of benzene rings is 3. The molecule has 1 heterocycles. The van der Waals surface area contributed by atoms with Gasteiger partial charge in [0.1, 0.15) is 51.6 Å². The van der Waals surface area contributed by atoms with Gasteiger partial charge < -0.3 is 62.0 Å². The summed E-state index contributed by atoms with van der Waals surface area (Å²) in [5.41, 5.74) is 10.6. The Hall–Kier alpha value is -7.75. The highest BCUT2D eigenvalue weighted by molar-refractivity contribution is 5.99. The Morgan fingerprint density at radius 2 is 1.22 bits per heavy atom. The standard InChI is InChI=1S/C61H89FN10O11/c1-57(2,3)80-43-30-26-39(27-31-43)35-45(63)50(74)72-61(37-40-24-28-42(62)29-25-40,32-18-13-14-19-33-65-53(70-55(78)82-59(7,8)9)71-56(79)83-60(10,11)12)52(76)69-47(23-17-20-34-66-54(77)81-58(4,5)6)51(75)68-48(49(64)73)36-41-38-67-46-22-16-15-21-44(41)46/h15-16,21-22,24-31,38,45,47-48,67H,13-14,17-20,23,32-37,63H2,1-12H3,(H2,64,73)(H,66,77)(H,68,75)(H,69,76)(H,72,74)(H2,65,70,71,78,79)/t45-,47-,48-,61-/m0/s1. The SMILES string of the molecule is CC(C)(C)OC(=O)N=C(NCCCCCC[C@@](Cc1ccc(F)cc1)(NC(=O)[C@@H](N)Cc1ccc(OC(C)(C)C)cc1)C(=O)N[C@@H](CCCCNC(=O)OC(C)(C)C)C(=O)N[C@@H](Cc1c[nH]c2ccccc12)C(N)=O)NC(=O)OC(C)(C)C. The number of carbonyl (C=O) groups excluding carboxylic acids is 7. The lowest BCUT2D eigenvalue weighted by Crippen LogP contribution is -2.65. The lowest BCUT2D eigenvalue weighted by molar-refractivity contribution is -0.137. The Labute approximate surface area is 487 Å². The third kappa shape index (κ3) is 25.5. The van der Waals surface area contributed by atoms with Crippen LogP contribution in [0.1, 0.15) is 151 Å². The van der Waals surface area contributed by atoms with Gasteiger partial charge in [-0.2, -0.15) is 0 Å². The first-order valence-electron chi connectivity index (χ1n) is 28.3. The number of unbranched alkanes of at least 4 members (excludes halogenated alkanes) is 4. The Balaban J connectivity index is 1.69. The van der Waals surface area contributed by atoms with E-state index in [0.717, 1.165) is 10.9 Å². The molecule has 4 rings (SSSR count). The number of amides is 7. The maximum atomic E-state index is 15.5. The van der Waals surface area contributed by atoms with Crippen LogP contribution < -0.4 is 48.1 Å². The van der Waals surface area contributed by atoms with Crippen molar-refractivity contribution in [2.45, 2.75) is 200 Å². The minimum absolute atomic E-state index is 0.00882. The van der Waals surface area contributed by atoms with Gasteiger partial charge in [-0.3, -0.25) is 24.5 Å². The van der Waals surface area contributed by atoms with Gasteiger partial charge in [0.05, 0.1) is 6.04 Å². The Morgan fingerprint density at radius 3 is 1.84 bits per heavy atom. The quantitative estimate of drug-likeness (QED) is 0.0124. The van der Waals surface area contributed by atoms with Gasteiger partial charge in [-0.15, -0.1) is 4.99 Å². The van der Waals surface area contributed by atoms with Crippen LogP contribution in [-0.4, -0.2) is 112 Å². The number of guanidine groups is 1. The van der Waals surface area contributed by atoms with Crippen molar-refractivity contribution < 1.29 is 56.9 Å². The minimum atomic E-state index is -1.83. The van der Waals surface area contributed by atoms with E-state index >= 15 is 4.79 Å². The van der Waals surface area contributed by atoms with E-state index in [1.165, 1.54) is 24.3 Å². The van der Waals surface area contributed by atoms with E-state index in [1.54, 1.807) is 92.8 Å². The van der Waals surface area contributed by atoms with Crippen LogP contribution in [-0.2, 0) is 52.7 Å². The molecule has 11 N–H and O–H groups in total. The van der Waals surface area contributed by atoms with E-state index in [0.29, 0.717) is 54.5 Å². The second-order valence-electron chi connectivity index (χ2n) is 24.7. The van der Waals surface area contributed by atoms with Crippen LogP contribution in [0.3, 0.4) is 0 Å². The first-order chi connectivity index (χ1) is 38.7. The van der Waals surface area contributed by atoms with E-state index in [4.69, 9.17) is 30.4 Å². The van der Waals surface area contributed by atoms with Gasteiger partial charge in [0.2, 0.25) is 29.6 Å². The molecule has 0 aliphatic rings. The fourth-order valence-corrected chi connectivity index (χ4v) is 8.68. The van der Waals surface area contributed by atoms with E-state index < -0.39 is 93.8 Å². The summed E-state index contributed by atoms with van der Waals surface area (Å²) in [7, 11) is 0. The summed E-state index contributed by atoms with van der Waals surface area (Å²) in [6, 6.07) is 16.4. The van der Waals surface area contributed by atoms with E-state index in [-0.39, 0.29) is 57.6 Å². The van der Waals surface area contributed by atoms with E-state index in [2.05, 4.69) is 41.9 Å². The smallest absolute Gasteiger partial charge is 0.437 e. The molecule has 0 fully saturated rings. The summed E-state index contributed by atoms with van der Waals surface area (Å²) < 4.78 is 36.6. The fourth-order valence-electron chi connectivity index (χ4n) is 8.68. The monoisotopic (exact) mass is 1160 g/mol. The van der Waals surface area contributed by atoms with Crippen molar-refractivity contribution in [3.8, 4) is 5.75 Å². The van der Waals surface area contributed by atoms with Crippen molar-refractivity contribution in [3.05, 3.63) is 102 Å². The molecule has 4 aromatic rings. The second-order valence-corrected chi connectivity index (χ2v) is 24.7. The Bertz CT molecular complexity index is 2830. The molecule has 0 spiro atoms. The van der Waals surface area contributed by atoms with Gasteiger partial charge >= 0.3 is 18.3 Å². The summed E-state index contributed by atoms with van der Waals surface area (Å²) in [4.78, 5) is 103. The van der Waals surface area contributed by atoms with Gasteiger partial charge in [-0.1, -0.05) is 61.7 Å². The van der Waals surface area contributed by atoms with Crippen molar-refractivity contribution in [2.75, 3.05) is 13.1 Å². The zero-order valence-electron chi connectivity index (χ0n) is 50.4. The number of ether oxygens (including phenoxy) is 4. The molecule has 0 bridgehead atoms. The van der Waals surface area contributed by atoms with Gasteiger partial charge in [0, 0.05) is 43.0 Å². The molecule has 7 amide bonds. The zero-order chi connectivity index (χ0) is 61.8. The number of hydrogen-bond donors (Lipinski definition) is 9. The van der Waals surface area contributed by atoms with Crippen molar-refractivity contribution in [1.29, 1.82) is 0 Å². The molecule has 4 atom stereocenters. The lowest BCUT2D eigenvalue weighted by atomic mass is 9.83. The number of aliphatic imine (C=N–C) groups is 1. The fraction of sp³-hybridized carbons (Fsp3) is 0.541. The predicted octanol–water partition coefficient (Wildman–Crippen LogP) is 8.20. The third-order valence-electron chi connectivity index (χ3n) is 12.4. The molecule has 0 radical (unpaired) electrons. The molecule has 456 valence electrons. The van der Waals surface area contributed by atoms with Crippen molar-refractivity contribution in [2.24, 2.45) is 16.5 Å². The number of aromatic amines is 1. The number of H-pyrrole nitrogens is 1. The molecule has 0 saturated heterocycles. The number of nitrogens with one attached hydrogen (secondary N) is 7. The summed E-state index contributed by atoms with van der Waals surface area (Å²) >= 11 is 0. The number of nitrogens with zero attached hydrogens (tertiary/aromatic N) is 1. The Kier molecular flexibility index (Phi) is 24.9. The number of halogens is 1. The van der Waals surface area contributed by atoms with Crippen LogP contribution in [0.15, 0.2) is 84.0 Å². The number of fused-ring (bicyclic) bond motifs is 1. The van der Waals surface area contributed by atoms with Gasteiger partial charge in [-0.25, -0.2) is 18.8 Å². The summed E-state index contributed by atoms with van der Waals surface area (Å²) in [5.74, 6) is -3.09. The molecule has 22 heteroatoms. The number of hydrogen-bond acceptors (Lipinski definition) is 12. The largest absolute Gasteiger partial charge is 0.488 e. The first-order valence-corrected chi connectivity index (χ1v) is 28.3. The number of rotatable bonds is 26. The highest BCUT2D eigenvalue weighted by atomic mass is 19.1. The maximum Gasteiger partial charge on any atom is 0.437 e. The van der Waals surface area contributed by atoms with E-state index in [9.17, 15) is 33.2 Å². The van der Waals surface area contributed by atoms with Crippen LogP contribution in [0.4, 0.5) is 18.8 Å². The van der Waals surface area contributed by atoms with Crippen LogP contribution in [0.25, 0.3) is 10.9 Å². The number of aromatic nitrogens is 1. The predicted molar refractivity (Wildman–Crippen MR) is 317 cm³/mol. The highest BCUT2D eigenvalue weighted by Gasteiger charge is 2.42. The van der Waals surface area contributed by atoms with Crippen molar-refractivity contribution in [1.82, 2.24) is 36.9 Å². The van der Waals surface area contributed by atoms with Crippen LogP contribution >= 0.6 is 0 Å². The lowest BCUT2D eigenvalue weighted by Gasteiger charge is -2.36. The molecule has 0 unspecified atom stereocenters. The summed E-state index contributed by atoms with van der Waals surface area (Å²) in [6.45, 7) is 21.5. The molecule has 83 heavy (non-hydrogen) atoms. The zero-order valence-corrected chi connectivity index (χ0v) is 50.4. The maximum absolute atomic E-state index is 15.5. The van der Waals surface area contributed by atoms with Crippen LogP contribution in [0.2, 0.25) is 0 Å². The Morgan fingerprint density at radius 1 is 0.627 bits per heavy atom.